The number of aryl methyl sites for hydroxylation is 1. The highest BCUT2D eigenvalue weighted by atomic mass is 16.6. The van der Waals surface area contributed by atoms with Crippen LogP contribution in [0.15, 0.2) is 18.2 Å². The normalized spacial score (nSPS) is 16.1. The Hall–Kier alpha value is -1.62. The number of nitrogens with one attached hydrogen (secondary N) is 1. The molecule has 1 saturated carbocycles. The Morgan fingerprint density at radius 2 is 2.05 bits per heavy atom. The predicted octanol–water partition coefficient (Wildman–Crippen LogP) is 3.66. The monoisotopic (exact) mass is 278 g/mol. The minimum Gasteiger partial charge on any atom is -0.383 e. The van der Waals surface area contributed by atoms with E-state index in [0.717, 1.165) is 24.1 Å². The maximum Gasteiger partial charge on any atom is 0.271 e. The fourth-order valence-corrected chi connectivity index (χ4v) is 2.62. The van der Waals surface area contributed by atoms with E-state index in [2.05, 4.69) is 5.32 Å². The van der Waals surface area contributed by atoms with Gasteiger partial charge in [-0.1, -0.05) is 19.3 Å². The lowest BCUT2D eigenvalue weighted by molar-refractivity contribution is -0.384. The number of non-ortho nitro benzene ring substituents is 1. The van der Waals surface area contributed by atoms with Gasteiger partial charge < -0.3 is 10.1 Å². The van der Waals surface area contributed by atoms with Crippen LogP contribution in [0, 0.1) is 17.0 Å². The molecule has 2 rings (SSSR count). The summed E-state index contributed by atoms with van der Waals surface area (Å²) < 4.78 is 5.82. The summed E-state index contributed by atoms with van der Waals surface area (Å²) in [6.45, 7) is 3.18. The van der Waals surface area contributed by atoms with Crippen LogP contribution in [0.5, 0.6) is 0 Å². The number of rotatable bonds is 6. The lowest BCUT2D eigenvalue weighted by Crippen LogP contribution is -2.20. The molecule has 1 aliphatic rings. The minimum atomic E-state index is -0.364. The lowest BCUT2D eigenvalue weighted by atomic mass is 9.98. The van der Waals surface area contributed by atoms with Gasteiger partial charge in [0.25, 0.3) is 5.69 Å². The van der Waals surface area contributed by atoms with Gasteiger partial charge in [0.2, 0.25) is 0 Å². The predicted molar refractivity (Wildman–Crippen MR) is 79.1 cm³/mol. The van der Waals surface area contributed by atoms with Crippen molar-refractivity contribution in [2.75, 3.05) is 18.5 Å². The molecule has 0 aromatic heterocycles. The third-order valence-electron chi connectivity index (χ3n) is 3.61. The van der Waals surface area contributed by atoms with E-state index in [9.17, 15) is 10.1 Å². The molecular formula is C15H22N2O3. The highest BCUT2D eigenvalue weighted by molar-refractivity contribution is 5.53. The number of anilines is 1. The lowest BCUT2D eigenvalue weighted by Gasteiger charge is -2.22. The summed E-state index contributed by atoms with van der Waals surface area (Å²) in [6, 6.07) is 5.05. The highest BCUT2D eigenvalue weighted by Crippen LogP contribution is 2.21. The van der Waals surface area contributed by atoms with Gasteiger partial charge in [-0.3, -0.25) is 10.1 Å². The van der Waals surface area contributed by atoms with Gasteiger partial charge in [-0.05, 0) is 31.4 Å². The number of nitro groups is 1. The van der Waals surface area contributed by atoms with Crippen molar-refractivity contribution >= 4 is 11.4 Å². The van der Waals surface area contributed by atoms with Crippen LogP contribution in [0.25, 0.3) is 0 Å². The summed E-state index contributed by atoms with van der Waals surface area (Å²) >= 11 is 0. The van der Waals surface area contributed by atoms with Crippen LogP contribution >= 0.6 is 0 Å². The zero-order valence-electron chi connectivity index (χ0n) is 11.9. The summed E-state index contributed by atoms with van der Waals surface area (Å²) in [4.78, 5) is 10.4. The van der Waals surface area contributed by atoms with Crippen LogP contribution < -0.4 is 5.32 Å². The van der Waals surface area contributed by atoms with Crippen molar-refractivity contribution in [3.63, 3.8) is 0 Å². The molecule has 0 heterocycles. The Kier molecular flexibility index (Phi) is 5.35. The topological polar surface area (TPSA) is 64.4 Å². The van der Waals surface area contributed by atoms with Gasteiger partial charge in [-0.2, -0.15) is 0 Å². The number of hydrogen-bond acceptors (Lipinski definition) is 4. The number of benzene rings is 1. The van der Waals surface area contributed by atoms with Crippen molar-refractivity contribution in [3.05, 3.63) is 33.9 Å². The van der Waals surface area contributed by atoms with Crippen molar-refractivity contribution in [2.45, 2.75) is 45.1 Å². The van der Waals surface area contributed by atoms with E-state index < -0.39 is 0 Å². The summed E-state index contributed by atoms with van der Waals surface area (Å²) in [6.07, 6.45) is 6.58. The molecule has 0 radical (unpaired) electrons. The molecule has 0 atom stereocenters. The van der Waals surface area contributed by atoms with Gasteiger partial charge >= 0.3 is 0 Å². The van der Waals surface area contributed by atoms with E-state index in [4.69, 9.17) is 4.74 Å². The molecule has 1 aliphatic carbocycles. The first-order chi connectivity index (χ1) is 9.65. The van der Waals surface area contributed by atoms with Gasteiger partial charge in [0, 0.05) is 24.4 Å². The Labute approximate surface area is 119 Å². The molecule has 0 aliphatic heterocycles. The van der Waals surface area contributed by atoms with E-state index in [1.54, 1.807) is 12.1 Å². The molecule has 5 heteroatoms. The molecule has 1 N–H and O–H groups in total. The molecule has 20 heavy (non-hydrogen) atoms. The van der Waals surface area contributed by atoms with Crippen LogP contribution in [0.4, 0.5) is 11.4 Å². The van der Waals surface area contributed by atoms with Gasteiger partial charge in [0.05, 0.1) is 17.6 Å². The SMILES string of the molecule is Cc1cc(NCCOC2CCCCC2)cc([N+](=O)[O-])c1. The number of nitrogens with zero attached hydrogens (tertiary/aromatic N) is 1. The van der Waals surface area contributed by atoms with Crippen LogP contribution in [-0.2, 0) is 4.74 Å². The summed E-state index contributed by atoms with van der Waals surface area (Å²) in [5.41, 5.74) is 1.79. The first-order valence-electron chi connectivity index (χ1n) is 7.27. The van der Waals surface area contributed by atoms with Crippen molar-refractivity contribution < 1.29 is 9.66 Å². The number of ether oxygens (including phenoxy) is 1. The Morgan fingerprint density at radius 1 is 1.30 bits per heavy atom. The molecule has 1 aromatic rings. The Balaban J connectivity index is 1.77. The van der Waals surface area contributed by atoms with E-state index in [-0.39, 0.29) is 10.6 Å². The molecule has 1 aromatic carbocycles. The second-order valence-corrected chi connectivity index (χ2v) is 5.37. The molecule has 0 amide bonds. The maximum absolute atomic E-state index is 10.8. The van der Waals surface area contributed by atoms with Gasteiger partial charge in [-0.15, -0.1) is 0 Å². The van der Waals surface area contributed by atoms with Crippen LogP contribution in [0.1, 0.15) is 37.7 Å². The van der Waals surface area contributed by atoms with Gasteiger partial charge in [0.15, 0.2) is 0 Å². The van der Waals surface area contributed by atoms with Crippen molar-refractivity contribution in [1.29, 1.82) is 0 Å². The second-order valence-electron chi connectivity index (χ2n) is 5.37. The fourth-order valence-electron chi connectivity index (χ4n) is 2.62. The van der Waals surface area contributed by atoms with E-state index in [0.29, 0.717) is 19.3 Å². The molecule has 0 saturated heterocycles. The molecular weight excluding hydrogens is 256 g/mol. The van der Waals surface area contributed by atoms with E-state index in [1.165, 1.54) is 19.3 Å². The Bertz CT molecular complexity index is 456. The highest BCUT2D eigenvalue weighted by Gasteiger charge is 2.13. The van der Waals surface area contributed by atoms with E-state index in [1.807, 2.05) is 13.0 Å². The van der Waals surface area contributed by atoms with Crippen LogP contribution in [0.2, 0.25) is 0 Å². The quantitative estimate of drug-likeness (QED) is 0.490. The van der Waals surface area contributed by atoms with Gasteiger partial charge in [0.1, 0.15) is 0 Å². The summed E-state index contributed by atoms with van der Waals surface area (Å²) in [7, 11) is 0. The Morgan fingerprint density at radius 3 is 2.75 bits per heavy atom. The summed E-state index contributed by atoms with van der Waals surface area (Å²) in [5.74, 6) is 0. The minimum absolute atomic E-state index is 0.126. The third-order valence-corrected chi connectivity index (χ3v) is 3.61. The first-order valence-corrected chi connectivity index (χ1v) is 7.27. The molecule has 0 bridgehead atoms. The smallest absolute Gasteiger partial charge is 0.271 e. The zero-order chi connectivity index (χ0) is 14.4. The average molecular weight is 278 g/mol. The molecule has 110 valence electrons. The standard InChI is InChI=1S/C15H22N2O3/c1-12-9-13(11-14(10-12)17(18)19)16-7-8-20-15-5-3-2-4-6-15/h9-11,15-16H,2-8H2,1H3. The molecule has 0 unspecified atom stereocenters. The van der Waals surface area contributed by atoms with Crippen LogP contribution in [-0.4, -0.2) is 24.2 Å². The van der Waals surface area contributed by atoms with Crippen molar-refractivity contribution in [2.24, 2.45) is 0 Å². The summed E-state index contributed by atoms with van der Waals surface area (Å²) in [5, 5.41) is 14.0. The molecule has 1 fully saturated rings. The average Bonchev–Trinajstić information content (AvgIpc) is 2.44. The number of hydrogen-bond donors (Lipinski definition) is 1. The van der Waals surface area contributed by atoms with Crippen molar-refractivity contribution in [3.8, 4) is 0 Å². The second kappa shape index (κ2) is 7.24. The molecule has 5 nitrogen and oxygen atoms in total. The van der Waals surface area contributed by atoms with Crippen molar-refractivity contribution in [1.82, 2.24) is 0 Å². The van der Waals surface area contributed by atoms with Gasteiger partial charge in [-0.25, -0.2) is 0 Å². The fraction of sp³-hybridized carbons (Fsp3) is 0.600. The van der Waals surface area contributed by atoms with E-state index >= 15 is 0 Å². The third kappa shape index (κ3) is 4.49. The molecule has 0 spiro atoms. The zero-order valence-corrected chi connectivity index (χ0v) is 11.9. The maximum atomic E-state index is 10.8. The van der Waals surface area contributed by atoms with Crippen LogP contribution in [0.3, 0.4) is 0 Å². The first kappa shape index (κ1) is 14.8. The number of nitro benzene ring substituents is 1. The largest absolute Gasteiger partial charge is 0.383 e.